The van der Waals surface area contributed by atoms with Gasteiger partial charge < -0.3 is 24.3 Å². The minimum absolute atomic E-state index is 0.0136. The summed E-state index contributed by atoms with van der Waals surface area (Å²) in [6.07, 6.45) is 2.04. The fourth-order valence-corrected chi connectivity index (χ4v) is 4.96. The lowest BCUT2D eigenvalue weighted by molar-refractivity contribution is -0.123. The highest BCUT2D eigenvalue weighted by Gasteiger charge is 2.42. The number of amides is 1. The summed E-state index contributed by atoms with van der Waals surface area (Å²) in [4.78, 5) is 27.2. The Kier molecular flexibility index (Phi) is 8.46. The number of nitrogens with one attached hydrogen (secondary N) is 1. The van der Waals surface area contributed by atoms with E-state index in [0.29, 0.717) is 17.7 Å². The lowest BCUT2D eigenvalue weighted by Gasteiger charge is -2.37. The zero-order chi connectivity index (χ0) is 24.0. The SMILES string of the molecule is COc1ccc(-c2nc(CN3C[C@H]4C[C@@H](NC(C)=O)[C@H](OC)C[C@H]4C3)c(C)o2)cc1.O=CO. The molecule has 9 nitrogen and oxygen atoms in total. The highest BCUT2D eigenvalue weighted by atomic mass is 16.5. The number of nitrogens with zero attached hydrogens (tertiary/aromatic N) is 2. The van der Waals surface area contributed by atoms with Crippen LogP contribution < -0.4 is 10.1 Å². The molecule has 4 rings (SSSR count). The van der Waals surface area contributed by atoms with Crippen molar-refractivity contribution in [1.82, 2.24) is 15.2 Å². The lowest BCUT2D eigenvalue weighted by atomic mass is 9.77. The van der Waals surface area contributed by atoms with Gasteiger partial charge in [-0.1, -0.05) is 0 Å². The third-order valence-corrected chi connectivity index (χ3v) is 6.49. The van der Waals surface area contributed by atoms with Crippen molar-refractivity contribution in [1.29, 1.82) is 0 Å². The van der Waals surface area contributed by atoms with Crippen molar-refractivity contribution in [3.63, 3.8) is 0 Å². The number of benzene rings is 1. The van der Waals surface area contributed by atoms with Gasteiger partial charge in [0, 0.05) is 39.2 Å². The fraction of sp³-hybridized carbons (Fsp3) is 0.542. The van der Waals surface area contributed by atoms with Crippen LogP contribution >= 0.6 is 0 Å². The predicted octanol–water partition coefficient (Wildman–Crippen LogP) is 2.72. The Labute approximate surface area is 194 Å². The van der Waals surface area contributed by atoms with Gasteiger partial charge in [-0.3, -0.25) is 14.5 Å². The van der Waals surface area contributed by atoms with E-state index in [4.69, 9.17) is 28.8 Å². The van der Waals surface area contributed by atoms with Gasteiger partial charge in [0.25, 0.3) is 6.47 Å². The van der Waals surface area contributed by atoms with E-state index in [-0.39, 0.29) is 24.5 Å². The van der Waals surface area contributed by atoms with E-state index < -0.39 is 0 Å². The molecule has 1 amide bonds. The number of oxazole rings is 1. The highest BCUT2D eigenvalue weighted by Crippen LogP contribution is 2.38. The molecule has 1 aliphatic heterocycles. The lowest BCUT2D eigenvalue weighted by Crippen LogP contribution is -2.49. The van der Waals surface area contributed by atoms with Crippen molar-refractivity contribution >= 4 is 12.4 Å². The van der Waals surface area contributed by atoms with E-state index in [9.17, 15) is 4.79 Å². The summed E-state index contributed by atoms with van der Waals surface area (Å²) in [7, 11) is 3.40. The molecule has 2 heterocycles. The van der Waals surface area contributed by atoms with Crippen LogP contribution in [0.2, 0.25) is 0 Å². The van der Waals surface area contributed by atoms with Crippen LogP contribution in [0.3, 0.4) is 0 Å². The molecule has 2 fully saturated rings. The van der Waals surface area contributed by atoms with E-state index in [0.717, 1.165) is 55.2 Å². The molecule has 0 bridgehead atoms. The van der Waals surface area contributed by atoms with Crippen molar-refractivity contribution in [2.45, 2.75) is 45.4 Å². The maximum absolute atomic E-state index is 11.6. The molecule has 4 atom stereocenters. The first-order valence-electron chi connectivity index (χ1n) is 11.1. The summed E-state index contributed by atoms with van der Waals surface area (Å²) in [5.74, 6) is 3.50. The third-order valence-electron chi connectivity index (χ3n) is 6.49. The second-order valence-corrected chi connectivity index (χ2v) is 8.62. The van der Waals surface area contributed by atoms with E-state index in [1.165, 1.54) is 0 Å². The number of carbonyl (C=O) groups is 2. The zero-order valence-electron chi connectivity index (χ0n) is 19.6. The monoisotopic (exact) mass is 459 g/mol. The average Bonchev–Trinajstić information content (AvgIpc) is 3.35. The molecule has 1 aliphatic carbocycles. The maximum atomic E-state index is 11.6. The van der Waals surface area contributed by atoms with E-state index in [1.807, 2.05) is 31.2 Å². The number of aryl methyl sites for hydroxylation is 1. The normalized spacial score (nSPS) is 24.4. The molecule has 9 heteroatoms. The van der Waals surface area contributed by atoms with Gasteiger partial charge in [-0.15, -0.1) is 0 Å². The van der Waals surface area contributed by atoms with E-state index in [1.54, 1.807) is 21.1 Å². The quantitative estimate of drug-likeness (QED) is 0.634. The Morgan fingerprint density at radius 1 is 1.24 bits per heavy atom. The second-order valence-electron chi connectivity index (χ2n) is 8.62. The van der Waals surface area contributed by atoms with Gasteiger partial charge in [0.2, 0.25) is 11.8 Å². The number of carboxylic acid groups (broad SMARTS) is 1. The first-order chi connectivity index (χ1) is 15.9. The number of methoxy groups -OCH3 is 2. The van der Waals surface area contributed by atoms with Gasteiger partial charge in [-0.25, -0.2) is 4.98 Å². The molecule has 33 heavy (non-hydrogen) atoms. The van der Waals surface area contributed by atoms with Gasteiger partial charge in [0.15, 0.2) is 0 Å². The summed E-state index contributed by atoms with van der Waals surface area (Å²) in [6, 6.07) is 7.86. The van der Waals surface area contributed by atoms with Crippen LogP contribution in [0.1, 0.15) is 31.2 Å². The van der Waals surface area contributed by atoms with Crippen molar-refractivity contribution in [3.8, 4) is 17.2 Å². The third kappa shape index (κ3) is 6.11. The van der Waals surface area contributed by atoms with E-state index in [2.05, 4.69) is 10.2 Å². The maximum Gasteiger partial charge on any atom is 0.290 e. The molecule has 2 aliphatic rings. The van der Waals surface area contributed by atoms with Crippen LogP contribution in [-0.4, -0.2) is 66.8 Å². The number of rotatable bonds is 6. The van der Waals surface area contributed by atoms with Crippen molar-refractivity contribution < 1.29 is 28.6 Å². The van der Waals surface area contributed by atoms with Gasteiger partial charge in [0.05, 0.1) is 24.9 Å². The molecule has 0 radical (unpaired) electrons. The van der Waals surface area contributed by atoms with Gasteiger partial charge in [0.1, 0.15) is 11.5 Å². The molecule has 1 saturated carbocycles. The van der Waals surface area contributed by atoms with Crippen LogP contribution in [0.25, 0.3) is 11.5 Å². The minimum Gasteiger partial charge on any atom is -0.497 e. The van der Waals surface area contributed by atoms with Crippen LogP contribution in [0, 0.1) is 18.8 Å². The largest absolute Gasteiger partial charge is 0.497 e. The molecule has 1 saturated heterocycles. The Bertz CT molecular complexity index is 929. The average molecular weight is 460 g/mol. The number of aromatic nitrogens is 1. The summed E-state index contributed by atoms with van der Waals surface area (Å²) in [5, 5.41) is 9.97. The van der Waals surface area contributed by atoms with Crippen molar-refractivity contribution in [3.05, 3.63) is 35.7 Å². The Morgan fingerprint density at radius 3 is 2.45 bits per heavy atom. The van der Waals surface area contributed by atoms with E-state index >= 15 is 0 Å². The molecule has 1 aromatic heterocycles. The van der Waals surface area contributed by atoms with Crippen molar-refractivity contribution in [2.75, 3.05) is 27.3 Å². The standard InChI is InChI=1S/C23H31N3O4.CH2O2/c1-14-21(25-23(30-14)16-5-7-19(28-3)8-6-16)13-26-11-17-9-20(24-15(2)27)22(29-4)10-18(17)12-26;2-1-3/h5-8,17-18,20,22H,9-13H2,1-4H3,(H,24,27);1H,(H,2,3)/t17-,18+,20-,22-;/m1./s1. The predicted molar refractivity (Wildman–Crippen MR) is 122 cm³/mol. The van der Waals surface area contributed by atoms with Crippen LogP contribution in [0.5, 0.6) is 5.75 Å². The van der Waals surface area contributed by atoms with Crippen molar-refractivity contribution in [2.24, 2.45) is 11.8 Å². The molecule has 2 aromatic rings. The number of hydrogen-bond acceptors (Lipinski definition) is 7. The minimum atomic E-state index is -0.250. The smallest absolute Gasteiger partial charge is 0.290 e. The van der Waals surface area contributed by atoms with Crippen LogP contribution in [-0.2, 0) is 20.9 Å². The summed E-state index contributed by atoms with van der Waals surface area (Å²) in [5.41, 5.74) is 1.93. The van der Waals surface area contributed by atoms with Crippen LogP contribution in [0.15, 0.2) is 28.7 Å². The number of ether oxygens (including phenoxy) is 2. The first kappa shape index (κ1) is 24.7. The number of fused-ring (bicyclic) bond motifs is 1. The van der Waals surface area contributed by atoms with Gasteiger partial charge in [-0.2, -0.15) is 0 Å². The number of likely N-dealkylation sites (tertiary alicyclic amines) is 1. The summed E-state index contributed by atoms with van der Waals surface area (Å²) >= 11 is 0. The fourth-order valence-electron chi connectivity index (χ4n) is 4.96. The second kappa shape index (κ2) is 11.3. The molecule has 180 valence electrons. The summed E-state index contributed by atoms with van der Waals surface area (Å²) in [6.45, 7) is 6.13. The first-order valence-corrected chi connectivity index (χ1v) is 11.1. The molecule has 0 unspecified atom stereocenters. The molecular formula is C24H33N3O6. The number of carbonyl (C=O) groups excluding carboxylic acids is 1. The molecular weight excluding hydrogens is 426 g/mol. The molecule has 1 aromatic carbocycles. The Hall–Kier alpha value is -2.91. The summed E-state index contributed by atoms with van der Waals surface area (Å²) < 4.78 is 16.9. The Morgan fingerprint density at radius 2 is 1.88 bits per heavy atom. The highest BCUT2D eigenvalue weighted by molar-refractivity contribution is 5.73. The molecule has 0 spiro atoms. The van der Waals surface area contributed by atoms with Gasteiger partial charge in [-0.05, 0) is 55.9 Å². The van der Waals surface area contributed by atoms with Crippen LogP contribution in [0.4, 0.5) is 0 Å². The van der Waals surface area contributed by atoms with Gasteiger partial charge >= 0.3 is 0 Å². The number of hydrogen-bond donors (Lipinski definition) is 2. The zero-order valence-corrected chi connectivity index (χ0v) is 19.6. The topological polar surface area (TPSA) is 114 Å². The Balaban J connectivity index is 0.000000968. The molecule has 2 N–H and O–H groups in total.